The van der Waals surface area contributed by atoms with Gasteiger partial charge in [0, 0.05) is 24.8 Å². The quantitative estimate of drug-likeness (QED) is 0.776. The first-order valence-corrected chi connectivity index (χ1v) is 7.29. The van der Waals surface area contributed by atoms with Crippen LogP contribution in [0.5, 0.6) is 0 Å². The second-order valence-corrected chi connectivity index (χ2v) is 5.59. The Morgan fingerprint density at radius 2 is 2.06 bits per heavy atom. The Labute approximate surface area is 111 Å². The molecule has 0 aliphatic carbocycles. The van der Waals surface area contributed by atoms with Gasteiger partial charge in [0.25, 0.3) is 0 Å². The largest absolute Gasteiger partial charge is 0.366 e. The molecule has 2 heteroatoms. The van der Waals surface area contributed by atoms with Crippen molar-refractivity contribution in [3.05, 3.63) is 29.8 Å². The van der Waals surface area contributed by atoms with E-state index < -0.39 is 0 Å². The van der Waals surface area contributed by atoms with Crippen LogP contribution in [0.4, 0.5) is 5.69 Å². The second kappa shape index (κ2) is 6.24. The van der Waals surface area contributed by atoms with E-state index in [1.54, 1.807) is 0 Å². The summed E-state index contributed by atoms with van der Waals surface area (Å²) in [7, 11) is 0. The summed E-state index contributed by atoms with van der Waals surface area (Å²) in [6, 6.07) is 9.47. The molecule has 18 heavy (non-hydrogen) atoms. The maximum absolute atomic E-state index is 3.58. The van der Waals surface area contributed by atoms with Gasteiger partial charge in [-0.05, 0) is 36.9 Å². The summed E-state index contributed by atoms with van der Waals surface area (Å²) in [5.41, 5.74) is 2.97. The van der Waals surface area contributed by atoms with Crippen molar-refractivity contribution in [3.63, 3.8) is 0 Å². The lowest BCUT2D eigenvalue weighted by Gasteiger charge is -2.33. The Morgan fingerprint density at radius 3 is 2.78 bits per heavy atom. The molecule has 1 N–H and O–H groups in total. The van der Waals surface area contributed by atoms with Crippen LogP contribution in [0.2, 0.25) is 0 Å². The molecule has 0 radical (unpaired) electrons. The zero-order chi connectivity index (χ0) is 13.0. The highest BCUT2D eigenvalue weighted by molar-refractivity contribution is 5.58. The highest BCUT2D eigenvalue weighted by Gasteiger charge is 2.27. The lowest BCUT2D eigenvalue weighted by Crippen LogP contribution is -2.45. The van der Waals surface area contributed by atoms with Crippen LogP contribution in [0.1, 0.15) is 32.8 Å². The minimum absolute atomic E-state index is 0.611. The Balaban J connectivity index is 2.08. The van der Waals surface area contributed by atoms with Crippen LogP contribution in [-0.4, -0.2) is 25.7 Å². The molecule has 2 nitrogen and oxygen atoms in total. The molecule has 0 fully saturated rings. The number of hydrogen-bond acceptors (Lipinski definition) is 2. The van der Waals surface area contributed by atoms with Crippen molar-refractivity contribution in [3.8, 4) is 0 Å². The SMILES string of the molecule is CCCNCC(C(C)C)N1CCc2ccccc21. The summed E-state index contributed by atoms with van der Waals surface area (Å²) in [6.07, 6.45) is 2.41. The predicted molar refractivity (Wildman–Crippen MR) is 79.3 cm³/mol. The van der Waals surface area contributed by atoms with E-state index in [1.165, 1.54) is 30.6 Å². The van der Waals surface area contributed by atoms with Crippen LogP contribution in [0.15, 0.2) is 24.3 Å². The molecule has 1 heterocycles. The third-order valence-corrected chi connectivity index (χ3v) is 3.87. The van der Waals surface area contributed by atoms with Crippen molar-refractivity contribution >= 4 is 5.69 Å². The van der Waals surface area contributed by atoms with Gasteiger partial charge >= 0.3 is 0 Å². The highest BCUT2D eigenvalue weighted by atomic mass is 15.2. The second-order valence-electron chi connectivity index (χ2n) is 5.59. The van der Waals surface area contributed by atoms with E-state index in [0.29, 0.717) is 12.0 Å². The van der Waals surface area contributed by atoms with E-state index in [-0.39, 0.29) is 0 Å². The molecule has 100 valence electrons. The molecule has 0 saturated heterocycles. The molecule has 0 amide bonds. The Hall–Kier alpha value is -1.02. The third kappa shape index (κ3) is 2.86. The van der Waals surface area contributed by atoms with E-state index in [0.717, 1.165) is 13.1 Å². The minimum atomic E-state index is 0.611. The minimum Gasteiger partial charge on any atom is -0.366 e. The van der Waals surface area contributed by atoms with Crippen molar-refractivity contribution in [1.29, 1.82) is 0 Å². The molecule has 1 aliphatic rings. The molecule has 0 bridgehead atoms. The van der Waals surface area contributed by atoms with E-state index in [4.69, 9.17) is 0 Å². The van der Waals surface area contributed by atoms with Gasteiger partial charge in [-0.15, -0.1) is 0 Å². The average molecular weight is 246 g/mol. The van der Waals surface area contributed by atoms with Crippen molar-refractivity contribution in [2.24, 2.45) is 5.92 Å². The van der Waals surface area contributed by atoms with Gasteiger partial charge in [0.15, 0.2) is 0 Å². The summed E-state index contributed by atoms with van der Waals surface area (Å²) in [5, 5.41) is 3.58. The molecule has 1 atom stereocenters. The molecule has 2 rings (SSSR count). The number of rotatable bonds is 6. The van der Waals surface area contributed by atoms with Crippen molar-refractivity contribution < 1.29 is 0 Å². The fraction of sp³-hybridized carbons (Fsp3) is 0.625. The van der Waals surface area contributed by atoms with Gasteiger partial charge in [0.2, 0.25) is 0 Å². The monoisotopic (exact) mass is 246 g/mol. The van der Waals surface area contributed by atoms with E-state index in [1.807, 2.05) is 0 Å². The first-order valence-electron chi connectivity index (χ1n) is 7.29. The van der Waals surface area contributed by atoms with Crippen LogP contribution in [0, 0.1) is 5.92 Å². The molecule has 1 unspecified atom stereocenters. The fourth-order valence-corrected chi connectivity index (χ4v) is 2.84. The number of fused-ring (bicyclic) bond motifs is 1. The van der Waals surface area contributed by atoms with Crippen molar-refractivity contribution in [2.45, 2.75) is 39.7 Å². The normalized spacial score (nSPS) is 16.1. The zero-order valence-corrected chi connectivity index (χ0v) is 11.9. The van der Waals surface area contributed by atoms with Crippen molar-refractivity contribution in [2.75, 3.05) is 24.5 Å². The molecule has 1 aromatic carbocycles. The van der Waals surface area contributed by atoms with Gasteiger partial charge in [0.05, 0.1) is 0 Å². The summed E-state index contributed by atoms with van der Waals surface area (Å²) in [4.78, 5) is 2.60. The maximum Gasteiger partial charge on any atom is 0.0437 e. The molecule has 1 aromatic rings. The van der Waals surface area contributed by atoms with E-state index in [2.05, 4.69) is 55.3 Å². The number of para-hydroxylation sites is 1. The maximum atomic E-state index is 3.58. The van der Waals surface area contributed by atoms with Crippen LogP contribution >= 0.6 is 0 Å². The summed E-state index contributed by atoms with van der Waals surface area (Å²) < 4.78 is 0. The number of nitrogens with one attached hydrogen (secondary N) is 1. The first kappa shape index (κ1) is 13.4. The van der Waals surface area contributed by atoms with Crippen LogP contribution in [-0.2, 0) is 6.42 Å². The molecular weight excluding hydrogens is 220 g/mol. The summed E-state index contributed by atoms with van der Waals surface area (Å²) in [6.45, 7) is 10.3. The standard InChI is InChI=1S/C16H26N2/c1-4-10-17-12-16(13(2)3)18-11-9-14-7-5-6-8-15(14)18/h5-8,13,16-17H,4,9-12H2,1-3H3. The molecule has 0 aromatic heterocycles. The van der Waals surface area contributed by atoms with Gasteiger partial charge in [-0.1, -0.05) is 39.0 Å². The Bertz CT molecular complexity index is 373. The average Bonchev–Trinajstić information content (AvgIpc) is 2.78. The molecule has 0 spiro atoms. The van der Waals surface area contributed by atoms with Gasteiger partial charge in [-0.25, -0.2) is 0 Å². The van der Waals surface area contributed by atoms with E-state index in [9.17, 15) is 0 Å². The Morgan fingerprint density at radius 1 is 1.28 bits per heavy atom. The van der Waals surface area contributed by atoms with Crippen LogP contribution < -0.4 is 10.2 Å². The Kier molecular flexibility index (Phi) is 4.65. The predicted octanol–water partition coefficient (Wildman–Crippen LogP) is 3.07. The molecule has 0 saturated carbocycles. The highest BCUT2D eigenvalue weighted by Crippen LogP contribution is 2.30. The topological polar surface area (TPSA) is 15.3 Å². The van der Waals surface area contributed by atoms with Gasteiger partial charge in [-0.2, -0.15) is 0 Å². The van der Waals surface area contributed by atoms with Gasteiger partial charge in [-0.3, -0.25) is 0 Å². The summed E-state index contributed by atoms with van der Waals surface area (Å²) >= 11 is 0. The number of hydrogen-bond donors (Lipinski definition) is 1. The smallest absolute Gasteiger partial charge is 0.0437 e. The van der Waals surface area contributed by atoms with Gasteiger partial charge < -0.3 is 10.2 Å². The lowest BCUT2D eigenvalue weighted by molar-refractivity contribution is 0.433. The number of benzene rings is 1. The van der Waals surface area contributed by atoms with E-state index >= 15 is 0 Å². The van der Waals surface area contributed by atoms with Crippen LogP contribution in [0.3, 0.4) is 0 Å². The number of anilines is 1. The van der Waals surface area contributed by atoms with Gasteiger partial charge in [0.1, 0.15) is 0 Å². The van der Waals surface area contributed by atoms with Crippen LogP contribution in [0.25, 0.3) is 0 Å². The molecular formula is C16H26N2. The first-order chi connectivity index (χ1) is 8.74. The fourth-order valence-electron chi connectivity index (χ4n) is 2.84. The summed E-state index contributed by atoms with van der Waals surface area (Å²) in [5.74, 6) is 0.681. The third-order valence-electron chi connectivity index (χ3n) is 3.87. The zero-order valence-electron chi connectivity index (χ0n) is 11.9. The lowest BCUT2D eigenvalue weighted by atomic mass is 10.0. The number of nitrogens with zero attached hydrogens (tertiary/aromatic N) is 1. The molecule has 1 aliphatic heterocycles. The van der Waals surface area contributed by atoms with Crippen molar-refractivity contribution in [1.82, 2.24) is 5.32 Å².